The van der Waals surface area contributed by atoms with Crippen LogP contribution >= 0.6 is 0 Å². The number of hydrogen-bond acceptors (Lipinski definition) is 2. The maximum Gasteiger partial charge on any atom is 0.337 e. The van der Waals surface area contributed by atoms with Crippen LogP contribution < -0.4 is 5.73 Å². The average Bonchev–Trinajstić information content (AvgIpc) is 2.64. The van der Waals surface area contributed by atoms with Crippen molar-refractivity contribution in [1.29, 1.82) is 0 Å². The van der Waals surface area contributed by atoms with Crippen LogP contribution in [0.3, 0.4) is 0 Å². The SMILES string of the molecule is Cc1[nH]c2c(C(=O)O)cc(C(C)(C)C)cc2c1CCN. The van der Waals surface area contributed by atoms with Gasteiger partial charge in [0.05, 0.1) is 11.1 Å². The minimum absolute atomic E-state index is 0.0937. The van der Waals surface area contributed by atoms with E-state index in [1.165, 1.54) is 0 Å². The van der Waals surface area contributed by atoms with Gasteiger partial charge in [-0.05, 0) is 48.6 Å². The highest BCUT2D eigenvalue weighted by Gasteiger charge is 2.21. The number of aromatic amines is 1. The maximum absolute atomic E-state index is 11.5. The number of aromatic nitrogens is 1. The third kappa shape index (κ3) is 2.43. The number of carboxylic acid groups (broad SMARTS) is 1. The van der Waals surface area contributed by atoms with E-state index in [9.17, 15) is 9.90 Å². The van der Waals surface area contributed by atoms with E-state index >= 15 is 0 Å². The molecule has 1 aromatic carbocycles. The number of nitrogens with one attached hydrogen (secondary N) is 1. The third-order valence-electron chi connectivity index (χ3n) is 3.72. The number of aromatic carboxylic acids is 1. The van der Waals surface area contributed by atoms with Crippen LogP contribution in [0.5, 0.6) is 0 Å². The lowest BCUT2D eigenvalue weighted by Crippen LogP contribution is -2.13. The van der Waals surface area contributed by atoms with Crippen molar-refractivity contribution in [3.63, 3.8) is 0 Å². The summed E-state index contributed by atoms with van der Waals surface area (Å²) in [5, 5.41) is 10.4. The molecule has 0 aliphatic rings. The van der Waals surface area contributed by atoms with Gasteiger partial charge >= 0.3 is 5.97 Å². The van der Waals surface area contributed by atoms with Crippen LogP contribution in [0.15, 0.2) is 12.1 Å². The monoisotopic (exact) mass is 274 g/mol. The second-order valence-corrected chi connectivity index (χ2v) is 6.27. The van der Waals surface area contributed by atoms with E-state index < -0.39 is 5.97 Å². The summed E-state index contributed by atoms with van der Waals surface area (Å²) >= 11 is 0. The van der Waals surface area contributed by atoms with Crippen LogP contribution in [0.1, 0.15) is 48.0 Å². The van der Waals surface area contributed by atoms with Crippen molar-refractivity contribution >= 4 is 16.9 Å². The first kappa shape index (κ1) is 14.6. The number of nitrogens with two attached hydrogens (primary N) is 1. The predicted octanol–water partition coefficient (Wildman–Crippen LogP) is 2.97. The minimum atomic E-state index is -0.901. The Hall–Kier alpha value is -1.81. The van der Waals surface area contributed by atoms with Gasteiger partial charge in [0.15, 0.2) is 0 Å². The molecule has 2 rings (SSSR count). The second-order valence-electron chi connectivity index (χ2n) is 6.27. The number of fused-ring (bicyclic) bond motifs is 1. The molecule has 2 aromatic rings. The topological polar surface area (TPSA) is 79.1 Å². The van der Waals surface area contributed by atoms with Gasteiger partial charge in [0, 0.05) is 11.1 Å². The Balaban J connectivity index is 2.83. The number of hydrogen-bond donors (Lipinski definition) is 3. The molecule has 0 bridgehead atoms. The highest BCUT2D eigenvalue weighted by atomic mass is 16.4. The highest BCUT2D eigenvalue weighted by Crippen LogP contribution is 2.32. The molecule has 0 radical (unpaired) electrons. The molecule has 4 nitrogen and oxygen atoms in total. The number of aryl methyl sites for hydroxylation is 1. The lowest BCUT2D eigenvalue weighted by molar-refractivity contribution is 0.0698. The van der Waals surface area contributed by atoms with Gasteiger partial charge < -0.3 is 15.8 Å². The lowest BCUT2D eigenvalue weighted by Gasteiger charge is -2.20. The summed E-state index contributed by atoms with van der Waals surface area (Å²) in [6.07, 6.45) is 0.749. The Bertz CT molecular complexity index is 663. The van der Waals surface area contributed by atoms with E-state index in [0.29, 0.717) is 17.6 Å². The summed E-state index contributed by atoms with van der Waals surface area (Å²) in [5.41, 5.74) is 9.76. The molecule has 0 saturated carbocycles. The first-order chi connectivity index (χ1) is 9.25. The normalized spacial score (nSPS) is 12.1. The van der Waals surface area contributed by atoms with Crippen molar-refractivity contribution in [3.8, 4) is 0 Å². The molecule has 0 spiro atoms. The standard InChI is InChI=1S/C16H22N2O2/c1-9-11(5-6-17)12-7-10(16(2,3)4)8-13(15(19)20)14(12)18-9/h7-8,18H,5-6,17H2,1-4H3,(H,19,20). The fourth-order valence-electron chi connectivity index (χ4n) is 2.55. The van der Waals surface area contributed by atoms with Crippen LogP contribution in [0.2, 0.25) is 0 Å². The van der Waals surface area contributed by atoms with Crippen molar-refractivity contribution < 1.29 is 9.90 Å². The highest BCUT2D eigenvalue weighted by molar-refractivity contribution is 6.04. The van der Waals surface area contributed by atoms with E-state index in [1.807, 2.05) is 6.92 Å². The van der Waals surface area contributed by atoms with Gasteiger partial charge in [0.2, 0.25) is 0 Å². The molecule has 20 heavy (non-hydrogen) atoms. The molecule has 108 valence electrons. The van der Waals surface area contributed by atoms with E-state index in [-0.39, 0.29) is 5.41 Å². The molecule has 1 aromatic heterocycles. The fraction of sp³-hybridized carbons (Fsp3) is 0.438. The summed E-state index contributed by atoms with van der Waals surface area (Å²) in [7, 11) is 0. The van der Waals surface area contributed by atoms with E-state index in [4.69, 9.17) is 5.73 Å². The Morgan fingerprint density at radius 2 is 2.00 bits per heavy atom. The van der Waals surface area contributed by atoms with Gasteiger partial charge in [-0.3, -0.25) is 0 Å². The molecule has 0 saturated heterocycles. The van der Waals surface area contributed by atoms with E-state index in [0.717, 1.165) is 28.6 Å². The molecule has 4 N–H and O–H groups in total. The van der Waals surface area contributed by atoms with Gasteiger partial charge in [-0.25, -0.2) is 4.79 Å². The van der Waals surface area contributed by atoms with Gasteiger partial charge in [-0.2, -0.15) is 0 Å². The van der Waals surface area contributed by atoms with Gasteiger partial charge in [0.25, 0.3) is 0 Å². The van der Waals surface area contributed by atoms with Crippen LogP contribution in [-0.2, 0) is 11.8 Å². The van der Waals surface area contributed by atoms with Crippen LogP contribution in [0, 0.1) is 6.92 Å². The van der Waals surface area contributed by atoms with Crippen molar-refractivity contribution in [3.05, 3.63) is 34.5 Å². The molecule has 0 unspecified atom stereocenters. The van der Waals surface area contributed by atoms with Crippen molar-refractivity contribution in [2.24, 2.45) is 5.73 Å². The van der Waals surface area contributed by atoms with E-state index in [2.05, 4.69) is 31.8 Å². The Labute approximate surface area is 119 Å². The van der Waals surface area contributed by atoms with Crippen molar-refractivity contribution in [2.75, 3.05) is 6.54 Å². The van der Waals surface area contributed by atoms with Crippen molar-refractivity contribution in [2.45, 2.75) is 39.5 Å². The Morgan fingerprint density at radius 3 is 2.50 bits per heavy atom. The molecule has 0 fully saturated rings. The van der Waals surface area contributed by atoms with Crippen LogP contribution in [-0.4, -0.2) is 22.6 Å². The zero-order valence-corrected chi connectivity index (χ0v) is 12.5. The maximum atomic E-state index is 11.5. The number of carbonyl (C=O) groups is 1. The zero-order valence-electron chi connectivity index (χ0n) is 12.5. The first-order valence-electron chi connectivity index (χ1n) is 6.84. The van der Waals surface area contributed by atoms with Crippen LogP contribution in [0.4, 0.5) is 0 Å². The molecule has 0 aliphatic heterocycles. The quantitative estimate of drug-likeness (QED) is 0.805. The second kappa shape index (κ2) is 4.94. The minimum Gasteiger partial charge on any atom is -0.478 e. The average molecular weight is 274 g/mol. The zero-order chi connectivity index (χ0) is 15.1. The predicted molar refractivity (Wildman–Crippen MR) is 81.5 cm³/mol. The smallest absolute Gasteiger partial charge is 0.337 e. The number of rotatable bonds is 3. The number of benzene rings is 1. The summed E-state index contributed by atoms with van der Waals surface area (Å²) in [4.78, 5) is 14.7. The summed E-state index contributed by atoms with van der Waals surface area (Å²) in [6.45, 7) is 8.77. The summed E-state index contributed by atoms with van der Waals surface area (Å²) in [6, 6.07) is 3.86. The Kier molecular flexibility index (Phi) is 3.61. The largest absolute Gasteiger partial charge is 0.478 e. The molecule has 4 heteroatoms. The molecule has 0 amide bonds. The fourth-order valence-corrected chi connectivity index (χ4v) is 2.55. The molecular formula is C16H22N2O2. The van der Waals surface area contributed by atoms with E-state index in [1.54, 1.807) is 6.07 Å². The van der Waals surface area contributed by atoms with Gasteiger partial charge in [-0.15, -0.1) is 0 Å². The summed E-state index contributed by atoms with van der Waals surface area (Å²) in [5.74, 6) is -0.901. The number of carboxylic acids is 1. The molecule has 0 atom stereocenters. The number of H-pyrrole nitrogens is 1. The van der Waals surface area contributed by atoms with Crippen molar-refractivity contribution in [1.82, 2.24) is 4.98 Å². The van der Waals surface area contributed by atoms with Gasteiger partial charge in [0.1, 0.15) is 0 Å². The summed E-state index contributed by atoms with van der Waals surface area (Å²) < 4.78 is 0. The van der Waals surface area contributed by atoms with Crippen LogP contribution in [0.25, 0.3) is 10.9 Å². The van der Waals surface area contributed by atoms with Gasteiger partial charge in [-0.1, -0.05) is 20.8 Å². The molecular weight excluding hydrogens is 252 g/mol. The molecule has 0 aliphatic carbocycles. The molecule has 1 heterocycles. The Morgan fingerprint density at radius 1 is 1.35 bits per heavy atom. The lowest BCUT2D eigenvalue weighted by atomic mass is 9.84. The first-order valence-corrected chi connectivity index (χ1v) is 6.84. The third-order valence-corrected chi connectivity index (χ3v) is 3.72.